The molecule has 0 aliphatic heterocycles. The van der Waals surface area contributed by atoms with Crippen molar-refractivity contribution in [2.45, 2.75) is 232 Å². The summed E-state index contributed by atoms with van der Waals surface area (Å²) in [4.78, 5) is 25.3. The van der Waals surface area contributed by atoms with Gasteiger partial charge in [-0.3, -0.25) is 9.59 Å². The lowest BCUT2D eigenvalue weighted by Gasteiger charge is -2.18. The van der Waals surface area contributed by atoms with Crippen LogP contribution in [-0.2, 0) is 23.8 Å². The zero-order chi connectivity index (χ0) is 44.9. The minimum absolute atomic E-state index is 0.0353. The Morgan fingerprint density at radius 1 is 0.371 bits per heavy atom. The van der Waals surface area contributed by atoms with Crippen LogP contribution in [0.4, 0.5) is 0 Å². The fourth-order valence-corrected chi connectivity index (χ4v) is 6.76. The number of rotatable bonds is 46. The highest BCUT2D eigenvalue weighted by Crippen LogP contribution is 2.12. The van der Waals surface area contributed by atoms with Crippen LogP contribution in [0.25, 0.3) is 0 Å². The van der Waals surface area contributed by atoms with Gasteiger partial charge in [-0.1, -0.05) is 201 Å². The fraction of sp³-hybridized carbons (Fsp3) is 0.684. The largest absolute Gasteiger partial charge is 0.462 e. The molecule has 0 fully saturated rings. The molecular weight excluding hydrogens is 765 g/mol. The number of carbonyl (C=O) groups is 2. The first-order valence-electron chi connectivity index (χ1n) is 25.8. The first-order valence-corrected chi connectivity index (χ1v) is 25.8. The smallest absolute Gasteiger partial charge is 0.306 e. The van der Waals surface area contributed by atoms with Crippen LogP contribution in [0.5, 0.6) is 0 Å². The van der Waals surface area contributed by atoms with Crippen molar-refractivity contribution >= 4 is 11.9 Å². The zero-order valence-electron chi connectivity index (χ0n) is 40.6. The van der Waals surface area contributed by atoms with E-state index in [1.807, 2.05) is 6.08 Å². The van der Waals surface area contributed by atoms with E-state index in [-0.39, 0.29) is 25.2 Å². The van der Waals surface area contributed by atoms with Crippen LogP contribution in [0, 0.1) is 0 Å². The van der Waals surface area contributed by atoms with Crippen molar-refractivity contribution in [1.82, 2.24) is 0 Å². The third-order valence-electron chi connectivity index (χ3n) is 10.6. The normalized spacial score (nSPS) is 13.0. The van der Waals surface area contributed by atoms with Gasteiger partial charge in [-0.05, 0) is 109 Å². The van der Waals surface area contributed by atoms with Crippen LogP contribution in [0.1, 0.15) is 226 Å². The van der Waals surface area contributed by atoms with Gasteiger partial charge in [-0.25, -0.2) is 0 Å². The van der Waals surface area contributed by atoms with E-state index in [0.717, 1.165) is 77.0 Å². The molecule has 0 spiro atoms. The van der Waals surface area contributed by atoms with Crippen LogP contribution in [-0.4, -0.2) is 37.9 Å². The van der Waals surface area contributed by atoms with Crippen molar-refractivity contribution in [3.63, 3.8) is 0 Å². The molecule has 0 saturated carbocycles. The van der Waals surface area contributed by atoms with E-state index in [1.54, 1.807) is 0 Å². The lowest BCUT2D eigenvalue weighted by atomic mass is 10.1. The Hall–Kier alpha value is -3.18. The van der Waals surface area contributed by atoms with Gasteiger partial charge in [-0.15, -0.1) is 0 Å². The van der Waals surface area contributed by atoms with Gasteiger partial charge in [0.1, 0.15) is 6.61 Å². The Kier molecular flexibility index (Phi) is 49.5. The molecule has 0 aromatic rings. The second kappa shape index (κ2) is 52.2. The lowest BCUT2D eigenvalue weighted by Crippen LogP contribution is -2.30. The van der Waals surface area contributed by atoms with E-state index in [1.165, 1.54) is 109 Å². The molecule has 5 nitrogen and oxygen atoms in total. The van der Waals surface area contributed by atoms with Gasteiger partial charge in [0, 0.05) is 19.4 Å². The third kappa shape index (κ3) is 49.5. The summed E-state index contributed by atoms with van der Waals surface area (Å²) < 4.78 is 17.3. The van der Waals surface area contributed by atoms with Gasteiger partial charge < -0.3 is 14.2 Å². The van der Waals surface area contributed by atoms with E-state index in [9.17, 15) is 9.59 Å². The quantitative estimate of drug-likeness (QED) is 0.0347. The predicted molar refractivity (Wildman–Crippen MR) is 270 cm³/mol. The average molecular weight is 861 g/mol. The highest BCUT2D eigenvalue weighted by Gasteiger charge is 2.17. The molecule has 0 N–H and O–H groups in total. The Morgan fingerprint density at radius 2 is 0.758 bits per heavy atom. The molecule has 354 valence electrons. The fourth-order valence-electron chi connectivity index (χ4n) is 6.76. The van der Waals surface area contributed by atoms with Gasteiger partial charge in [0.25, 0.3) is 0 Å². The van der Waals surface area contributed by atoms with E-state index in [0.29, 0.717) is 25.9 Å². The molecule has 0 bridgehead atoms. The second-order valence-electron chi connectivity index (χ2n) is 16.7. The van der Waals surface area contributed by atoms with Gasteiger partial charge >= 0.3 is 11.9 Å². The number of unbranched alkanes of at least 4 members (excludes halogenated alkanes) is 19. The molecule has 0 rings (SSSR count). The molecule has 0 radical (unpaired) electrons. The van der Waals surface area contributed by atoms with Crippen LogP contribution in [0.2, 0.25) is 0 Å². The monoisotopic (exact) mass is 861 g/mol. The Bertz CT molecular complexity index is 1200. The van der Waals surface area contributed by atoms with Gasteiger partial charge in [0.05, 0.1) is 6.61 Å². The van der Waals surface area contributed by atoms with Crippen molar-refractivity contribution in [3.8, 4) is 0 Å². The van der Waals surface area contributed by atoms with Crippen LogP contribution < -0.4 is 0 Å². The molecule has 62 heavy (non-hydrogen) atoms. The van der Waals surface area contributed by atoms with Crippen LogP contribution in [0.3, 0.4) is 0 Å². The summed E-state index contributed by atoms with van der Waals surface area (Å²) in [5.74, 6) is -0.510. The average Bonchev–Trinajstić information content (AvgIpc) is 3.27. The number of carbonyl (C=O) groups excluding carboxylic acids is 2. The van der Waals surface area contributed by atoms with Crippen molar-refractivity contribution in [2.24, 2.45) is 0 Å². The summed E-state index contributed by atoms with van der Waals surface area (Å²) in [6.45, 7) is 7.58. The Morgan fingerprint density at radius 3 is 1.23 bits per heavy atom. The molecular formula is C57H96O5. The Labute approximate surface area is 383 Å². The van der Waals surface area contributed by atoms with Gasteiger partial charge in [0.2, 0.25) is 0 Å². The second-order valence-corrected chi connectivity index (χ2v) is 16.7. The standard InChI is InChI=1S/C57H96O5/c1-4-7-10-13-16-19-22-25-27-28-29-30-31-33-35-38-41-44-47-50-56(58)61-54-55(53-60-52-49-46-43-40-37-34-26-23-20-17-14-11-8-5-2)62-57(59)51-48-45-42-39-36-32-24-21-18-15-12-9-6-3/h7,10,16,19-21,23-25,27,29-30,33,35,41,44,55H,4-6,8-9,11-15,17-18,22,26,28,31-32,34,36-40,42-43,45-54H2,1-3H3/b10-7-,19-16-,23-20-,24-21-,27-25-,30-29-,35-33-,44-41-. The molecule has 5 heteroatoms. The van der Waals surface area contributed by atoms with Crippen molar-refractivity contribution in [1.29, 1.82) is 0 Å². The molecule has 0 aromatic heterocycles. The van der Waals surface area contributed by atoms with E-state index < -0.39 is 6.10 Å². The van der Waals surface area contributed by atoms with Crippen molar-refractivity contribution in [2.75, 3.05) is 19.8 Å². The molecule has 0 aromatic carbocycles. The highest BCUT2D eigenvalue weighted by atomic mass is 16.6. The lowest BCUT2D eigenvalue weighted by molar-refractivity contribution is -0.162. The minimum atomic E-state index is -0.578. The summed E-state index contributed by atoms with van der Waals surface area (Å²) in [6, 6.07) is 0. The predicted octanol–water partition coefficient (Wildman–Crippen LogP) is 17.5. The zero-order valence-corrected chi connectivity index (χ0v) is 40.6. The molecule has 0 aliphatic rings. The van der Waals surface area contributed by atoms with Crippen molar-refractivity contribution < 1.29 is 23.8 Å². The summed E-state index contributed by atoms with van der Waals surface area (Å²) >= 11 is 0. The topological polar surface area (TPSA) is 61.8 Å². The molecule has 0 aliphatic carbocycles. The van der Waals surface area contributed by atoms with E-state index in [4.69, 9.17) is 14.2 Å². The number of hydrogen-bond acceptors (Lipinski definition) is 5. The molecule has 0 amide bonds. The first-order chi connectivity index (χ1) is 30.6. The number of allylic oxidation sites excluding steroid dienone is 16. The van der Waals surface area contributed by atoms with Gasteiger partial charge in [0.15, 0.2) is 6.10 Å². The van der Waals surface area contributed by atoms with Crippen molar-refractivity contribution in [3.05, 3.63) is 97.2 Å². The summed E-state index contributed by atoms with van der Waals surface area (Å²) in [7, 11) is 0. The summed E-state index contributed by atoms with van der Waals surface area (Å²) in [5.41, 5.74) is 0. The third-order valence-corrected chi connectivity index (χ3v) is 10.6. The molecule has 1 atom stereocenters. The van der Waals surface area contributed by atoms with Crippen LogP contribution in [0.15, 0.2) is 97.2 Å². The molecule has 0 saturated heterocycles. The highest BCUT2D eigenvalue weighted by molar-refractivity contribution is 5.70. The Balaban J connectivity index is 4.41. The summed E-state index contributed by atoms with van der Waals surface area (Å²) in [5, 5.41) is 0. The van der Waals surface area contributed by atoms with E-state index in [2.05, 4.69) is 112 Å². The summed E-state index contributed by atoms with van der Waals surface area (Å²) in [6.07, 6.45) is 69.9. The number of hydrogen-bond donors (Lipinski definition) is 0. The minimum Gasteiger partial charge on any atom is -0.462 e. The number of esters is 2. The first kappa shape index (κ1) is 58.8. The maximum Gasteiger partial charge on any atom is 0.306 e. The maximum absolute atomic E-state index is 12.8. The van der Waals surface area contributed by atoms with Crippen LogP contribution >= 0.6 is 0 Å². The molecule has 1 unspecified atom stereocenters. The van der Waals surface area contributed by atoms with E-state index >= 15 is 0 Å². The SMILES string of the molecule is CC/C=C\C/C=C\C/C=C\C/C=C\C/C=C\C/C=C\CCC(=O)OCC(COCCCCCCCC/C=C\CCCCCC)OC(=O)CCCCCCC/C=C\CCCCCC. The maximum atomic E-state index is 12.8. The van der Waals surface area contributed by atoms with Gasteiger partial charge in [-0.2, -0.15) is 0 Å². The molecule has 0 heterocycles. The number of ether oxygens (including phenoxy) is 3.